The van der Waals surface area contributed by atoms with Gasteiger partial charge >= 0.3 is 0 Å². The Morgan fingerprint density at radius 2 is 2.03 bits per heavy atom. The van der Waals surface area contributed by atoms with Crippen LogP contribution in [0, 0.1) is 11.6 Å². The van der Waals surface area contributed by atoms with Crippen LogP contribution < -0.4 is 10.1 Å². The lowest BCUT2D eigenvalue weighted by Crippen LogP contribution is -2.15. The van der Waals surface area contributed by atoms with Gasteiger partial charge in [0, 0.05) is 30.9 Å². The Balaban J connectivity index is 1.70. The van der Waals surface area contributed by atoms with Gasteiger partial charge in [0.1, 0.15) is 22.8 Å². The Kier molecular flexibility index (Phi) is 5.17. The third kappa shape index (κ3) is 3.50. The van der Waals surface area contributed by atoms with Crippen LogP contribution in [-0.2, 0) is 7.05 Å². The fraction of sp³-hybridized carbons (Fsp3) is 0.100. The van der Waals surface area contributed by atoms with Gasteiger partial charge in [-0.05, 0) is 34.1 Å². The summed E-state index contributed by atoms with van der Waals surface area (Å²) in [6.45, 7) is 0. The van der Waals surface area contributed by atoms with E-state index in [1.807, 2.05) is 0 Å². The quantitative estimate of drug-likeness (QED) is 0.476. The molecule has 0 saturated carbocycles. The summed E-state index contributed by atoms with van der Waals surface area (Å²) in [4.78, 5) is 21.0. The maximum atomic E-state index is 14.4. The minimum absolute atomic E-state index is 0.00874. The molecule has 4 aromatic rings. The maximum absolute atomic E-state index is 14.4. The molecule has 2 heterocycles. The Bertz CT molecular complexity index is 1290. The highest BCUT2D eigenvalue weighted by atomic mass is 79.9. The number of carbonyl (C=O) groups is 1. The van der Waals surface area contributed by atoms with Crippen LogP contribution in [0.4, 0.5) is 14.5 Å². The topological polar surface area (TPSA) is 81.9 Å². The summed E-state index contributed by atoms with van der Waals surface area (Å²) in [6.07, 6.45) is 2.97. The zero-order chi connectivity index (χ0) is 21.4. The molecule has 1 amide bonds. The van der Waals surface area contributed by atoms with Crippen molar-refractivity contribution in [3.8, 4) is 17.1 Å². The molecule has 2 aromatic heterocycles. The summed E-state index contributed by atoms with van der Waals surface area (Å²) in [5.41, 5.74) is 0.405. The average molecular weight is 474 g/mol. The summed E-state index contributed by atoms with van der Waals surface area (Å²) in [5, 5.41) is 7.17. The van der Waals surface area contributed by atoms with Crippen LogP contribution in [0.1, 0.15) is 10.5 Å². The monoisotopic (exact) mass is 473 g/mol. The number of methoxy groups -OCH3 is 1. The van der Waals surface area contributed by atoms with Gasteiger partial charge in [-0.15, -0.1) is 0 Å². The molecule has 0 spiro atoms. The Morgan fingerprint density at radius 3 is 2.80 bits per heavy atom. The summed E-state index contributed by atoms with van der Waals surface area (Å²) >= 11 is 3.38. The number of ether oxygens (including phenoxy) is 1. The molecular weight excluding hydrogens is 460 g/mol. The van der Waals surface area contributed by atoms with Gasteiger partial charge in [-0.3, -0.25) is 9.48 Å². The van der Waals surface area contributed by atoms with Crippen molar-refractivity contribution in [1.29, 1.82) is 0 Å². The predicted octanol–water partition coefficient (Wildman–Crippen LogP) is 4.33. The smallest absolute Gasteiger partial charge is 0.274 e. The number of nitrogens with one attached hydrogen (secondary N) is 1. The van der Waals surface area contributed by atoms with Crippen LogP contribution in [0.25, 0.3) is 22.3 Å². The summed E-state index contributed by atoms with van der Waals surface area (Å²) < 4.78 is 35.8. The van der Waals surface area contributed by atoms with Gasteiger partial charge in [-0.25, -0.2) is 18.7 Å². The molecule has 2 aromatic carbocycles. The second-order valence-electron chi connectivity index (χ2n) is 6.32. The zero-order valence-corrected chi connectivity index (χ0v) is 17.4. The first-order chi connectivity index (χ1) is 14.4. The Morgan fingerprint density at radius 1 is 1.23 bits per heavy atom. The molecule has 0 saturated heterocycles. The van der Waals surface area contributed by atoms with E-state index in [2.05, 4.69) is 36.3 Å². The molecule has 30 heavy (non-hydrogen) atoms. The number of fused-ring (bicyclic) bond motifs is 1. The number of hydrogen-bond donors (Lipinski definition) is 1. The second kappa shape index (κ2) is 7.79. The van der Waals surface area contributed by atoms with Gasteiger partial charge in [-0.1, -0.05) is 6.07 Å². The Labute approximate surface area is 177 Å². The second-order valence-corrected chi connectivity index (χ2v) is 7.11. The maximum Gasteiger partial charge on any atom is 0.274 e. The normalized spacial score (nSPS) is 11.0. The molecule has 0 radical (unpaired) electrons. The van der Waals surface area contributed by atoms with Crippen molar-refractivity contribution >= 4 is 38.4 Å². The van der Waals surface area contributed by atoms with Gasteiger partial charge in [-0.2, -0.15) is 5.10 Å². The van der Waals surface area contributed by atoms with Gasteiger partial charge in [0.2, 0.25) is 0 Å². The zero-order valence-electron chi connectivity index (χ0n) is 15.8. The first kappa shape index (κ1) is 19.9. The molecule has 4 rings (SSSR count). The van der Waals surface area contributed by atoms with E-state index in [1.54, 1.807) is 19.3 Å². The molecule has 7 nitrogen and oxygen atoms in total. The van der Waals surface area contributed by atoms with Crippen LogP contribution in [0.15, 0.2) is 47.2 Å². The summed E-state index contributed by atoms with van der Waals surface area (Å²) in [6, 6.07) is 6.85. The highest BCUT2D eigenvalue weighted by Gasteiger charge is 2.19. The minimum Gasteiger partial charge on any atom is -0.496 e. The lowest BCUT2D eigenvalue weighted by molar-refractivity contribution is 0.102. The SMILES string of the molecule is COc1cccc(F)c1-c1nccc(C(=O)Nc2cc(F)c3nn(C)cc3c2Br)n1. The number of aryl methyl sites for hydroxylation is 1. The lowest BCUT2D eigenvalue weighted by atomic mass is 10.1. The van der Waals surface area contributed by atoms with Crippen LogP contribution in [0.5, 0.6) is 5.75 Å². The van der Waals surface area contributed by atoms with Crippen molar-refractivity contribution in [2.75, 3.05) is 12.4 Å². The molecule has 152 valence electrons. The fourth-order valence-electron chi connectivity index (χ4n) is 3.00. The van der Waals surface area contributed by atoms with E-state index in [1.165, 1.54) is 42.3 Å². The van der Waals surface area contributed by atoms with E-state index in [0.717, 1.165) is 0 Å². The molecule has 0 aliphatic carbocycles. The predicted molar refractivity (Wildman–Crippen MR) is 110 cm³/mol. The average Bonchev–Trinajstić information content (AvgIpc) is 3.14. The van der Waals surface area contributed by atoms with E-state index in [4.69, 9.17) is 4.74 Å². The molecule has 10 heteroatoms. The van der Waals surface area contributed by atoms with Crippen molar-refractivity contribution in [3.63, 3.8) is 0 Å². The first-order valence-electron chi connectivity index (χ1n) is 8.67. The van der Waals surface area contributed by atoms with Crippen LogP contribution in [-0.4, -0.2) is 32.8 Å². The molecular formula is C20H14BrF2N5O2. The molecule has 0 aliphatic heterocycles. The van der Waals surface area contributed by atoms with Gasteiger partial charge in [0.15, 0.2) is 11.6 Å². The summed E-state index contributed by atoms with van der Waals surface area (Å²) in [5.74, 6) is -1.55. The molecule has 0 fully saturated rings. The van der Waals surface area contributed by atoms with E-state index < -0.39 is 17.5 Å². The number of halogens is 3. The van der Waals surface area contributed by atoms with Crippen LogP contribution in [0.2, 0.25) is 0 Å². The van der Waals surface area contributed by atoms with E-state index in [-0.39, 0.29) is 34.0 Å². The van der Waals surface area contributed by atoms with Crippen molar-refractivity contribution in [1.82, 2.24) is 19.7 Å². The number of hydrogen-bond acceptors (Lipinski definition) is 5. The van der Waals surface area contributed by atoms with Crippen LogP contribution >= 0.6 is 15.9 Å². The van der Waals surface area contributed by atoms with Crippen LogP contribution in [0.3, 0.4) is 0 Å². The van der Waals surface area contributed by atoms with E-state index in [9.17, 15) is 13.6 Å². The lowest BCUT2D eigenvalue weighted by Gasteiger charge is -2.10. The third-order valence-corrected chi connectivity index (χ3v) is 5.21. The van der Waals surface area contributed by atoms with Gasteiger partial charge in [0.05, 0.1) is 22.8 Å². The van der Waals surface area contributed by atoms with Crippen molar-refractivity contribution in [2.24, 2.45) is 7.05 Å². The number of aromatic nitrogens is 4. The molecule has 0 atom stereocenters. The van der Waals surface area contributed by atoms with Crippen molar-refractivity contribution in [3.05, 3.63) is 64.5 Å². The van der Waals surface area contributed by atoms with Crippen molar-refractivity contribution in [2.45, 2.75) is 0 Å². The van der Waals surface area contributed by atoms with Gasteiger partial charge < -0.3 is 10.1 Å². The largest absolute Gasteiger partial charge is 0.496 e. The van der Waals surface area contributed by atoms with Gasteiger partial charge in [0.25, 0.3) is 5.91 Å². The minimum atomic E-state index is -0.614. The Hall–Kier alpha value is -3.40. The van der Waals surface area contributed by atoms with Crippen molar-refractivity contribution < 1.29 is 18.3 Å². The highest BCUT2D eigenvalue weighted by Crippen LogP contribution is 2.33. The molecule has 1 N–H and O–H groups in total. The third-order valence-electron chi connectivity index (χ3n) is 4.35. The van der Waals surface area contributed by atoms with E-state index >= 15 is 0 Å². The number of carbonyl (C=O) groups excluding carboxylic acids is 1. The molecule has 0 aliphatic rings. The number of nitrogens with zero attached hydrogens (tertiary/aromatic N) is 4. The van der Waals surface area contributed by atoms with E-state index in [0.29, 0.717) is 9.86 Å². The number of rotatable bonds is 4. The molecule has 0 bridgehead atoms. The number of anilines is 1. The summed E-state index contributed by atoms with van der Waals surface area (Å²) in [7, 11) is 3.07. The highest BCUT2D eigenvalue weighted by molar-refractivity contribution is 9.10. The first-order valence-corrected chi connectivity index (χ1v) is 9.47. The molecule has 0 unspecified atom stereocenters. The fourth-order valence-corrected chi connectivity index (χ4v) is 3.51. The standard InChI is InChI=1S/C20H14BrF2N5O2/c1-28-9-10-17(21)14(8-12(23)18(10)27-28)26-20(29)13-6-7-24-19(25-13)16-11(22)4-3-5-15(16)30-2/h3-9H,1-2H3,(H,26,29). The number of amides is 1. The number of benzene rings is 2.